The number of carbonyl (C=O) groups excluding carboxylic acids is 1. The van der Waals surface area contributed by atoms with Gasteiger partial charge in [0.2, 0.25) is 0 Å². The number of nitrogens with zero attached hydrogens (tertiary/aromatic N) is 2. The van der Waals surface area contributed by atoms with Crippen LogP contribution in [-0.4, -0.2) is 51.2 Å². The molecule has 0 saturated carbocycles. The Morgan fingerprint density at radius 1 is 1.72 bits per heavy atom. The molecular weight excluding hydrogens is 240 g/mol. The molecule has 1 aliphatic heterocycles. The fourth-order valence-corrected chi connectivity index (χ4v) is 1.87. The van der Waals surface area contributed by atoms with Crippen LogP contribution in [-0.2, 0) is 9.47 Å². The number of aliphatic hydroxyl groups excluding tert-OH is 2. The van der Waals surface area contributed by atoms with Crippen molar-refractivity contribution < 1.29 is 24.5 Å². The minimum Gasteiger partial charge on any atom is -0.461 e. The van der Waals surface area contributed by atoms with Crippen molar-refractivity contribution in [3.8, 4) is 0 Å². The van der Waals surface area contributed by atoms with E-state index in [0.717, 1.165) is 0 Å². The highest BCUT2D eigenvalue weighted by Crippen LogP contribution is 2.28. The summed E-state index contributed by atoms with van der Waals surface area (Å²) < 4.78 is 11.8. The van der Waals surface area contributed by atoms with E-state index >= 15 is 0 Å². The number of carbonyl (C=O) groups is 1. The topological polar surface area (TPSA) is 93.8 Å². The molecule has 7 nitrogen and oxygen atoms in total. The van der Waals surface area contributed by atoms with Crippen LogP contribution in [0.1, 0.15) is 30.1 Å². The van der Waals surface area contributed by atoms with Crippen molar-refractivity contribution in [2.24, 2.45) is 0 Å². The molecule has 0 radical (unpaired) electrons. The van der Waals surface area contributed by atoms with E-state index in [-0.39, 0.29) is 18.9 Å². The number of hydrogen-bond donors (Lipinski definition) is 2. The third-order valence-electron chi connectivity index (χ3n) is 2.80. The van der Waals surface area contributed by atoms with E-state index in [4.69, 9.17) is 14.6 Å². The monoisotopic (exact) mass is 256 g/mol. The van der Waals surface area contributed by atoms with E-state index in [1.807, 2.05) is 0 Å². The van der Waals surface area contributed by atoms with Gasteiger partial charge in [-0.25, -0.2) is 9.78 Å². The Hall–Kier alpha value is -1.44. The molecule has 1 saturated heterocycles. The standard InChI is InChI=1S/C11H16N2O5/c1-2-17-11(16)7-4-13(6-12-7)10-3-8(15)9(5-14)18-10/h4,6,8-10,14-15H,2-3,5H2,1H3/t8-,9+,10+/m0/s1. The van der Waals surface area contributed by atoms with E-state index in [9.17, 15) is 9.90 Å². The van der Waals surface area contributed by atoms with E-state index in [2.05, 4.69) is 4.98 Å². The molecule has 0 spiro atoms. The van der Waals surface area contributed by atoms with E-state index in [1.54, 1.807) is 11.5 Å². The van der Waals surface area contributed by atoms with Crippen molar-refractivity contribution in [1.82, 2.24) is 9.55 Å². The summed E-state index contributed by atoms with van der Waals surface area (Å²) in [6.07, 6.45) is 1.58. The average molecular weight is 256 g/mol. The molecule has 100 valence electrons. The van der Waals surface area contributed by atoms with Gasteiger partial charge < -0.3 is 24.3 Å². The maximum atomic E-state index is 11.4. The summed E-state index contributed by atoms with van der Waals surface area (Å²) in [6, 6.07) is 0. The van der Waals surface area contributed by atoms with Gasteiger partial charge in [0, 0.05) is 12.6 Å². The van der Waals surface area contributed by atoms with Crippen LogP contribution in [0.15, 0.2) is 12.5 Å². The molecule has 18 heavy (non-hydrogen) atoms. The van der Waals surface area contributed by atoms with Gasteiger partial charge in [-0.05, 0) is 6.92 Å². The van der Waals surface area contributed by atoms with Crippen molar-refractivity contribution in [2.45, 2.75) is 31.8 Å². The minimum absolute atomic E-state index is 0.197. The highest BCUT2D eigenvalue weighted by atomic mass is 16.5. The predicted octanol–water partition coefficient (Wildman–Crippen LogP) is -0.300. The molecule has 3 atom stereocenters. The molecular formula is C11H16N2O5. The van der Waals surface area contributed by atoms with Gasteiger partial charge in [0.1, 0.15) is 12.3 Å². The second-order valence-electron chi connectivity index (χ2n) is 4.04. The maximum absolute atomic E-state index is 11.4. The average Bonchev–Trinajstić information content (AvgIpc) is 2.95. The molecule has 7 heteroatoms. The van der Waals surface area contributed by atoms with Gasteiger partial charge in [-0.3, -0.25) is 0 Å². The first-order valence-corrected chi connectivity index (χ1v) is 5.80. The van der Waals surface area contributed by atoms with Crippen LogP contribution in [0, 0.1) is 0 Å². The minimum atomic E-state index is -0.714. The van der Waals surface area contributed by atoms with Gasteiger partial charge in [0.05, 0.1) is 25.6 Å². The lowest BCUT2D eigenvalue weighted by Crippen LogP contribution is -2.24. The van der Waals surface area contributed by atoms with Crippen LogP contribution in [0.2, 0.25) is 0 Å². The van der Waals surface area contributed by atoms with Crippen LogP contribution in [0.25, 0.3) is 0 Å². The molecule has 2 heterocycles. The molecule has 1 fully saturated rings. The van der Waals surface area contributed by atoms with Crippen molar-refractivity contribution in [1.29, 1.82) is 0 Å². The van der Waals surface area contributed by atoms with Crippen LogP contribution in [0.3, 0.4) is 0 Å². The molecule has 0 bridgehead atoms. The van der Waals surface area contributed by atoms with Gasteiger partial charge >= 0.3 is 5.97 Å². The number of hydrogen-bond acceptors (Lipinski definition) is 6. The Kier molecular flexibility index (Phi) is 3.95. The second kappa shape index (κ2) is 5.47. The SMILES string of the molecule is CCOC(=O)c1cn([C@H]2C[C@H](O)[C@@H](CO)O2)cn1. The van der Waals surface area contributed by atoms with Crippen molar-refractivity contribution in [2.75, 3.05) is 13.2 Å². The number of aliphatic hydroxyl groups is 2. The van der Waals surface area contributed by atoms with Crippen LogP contribution >= 0.6 is 0 Å². The zero-order valence-corrected chi connectivity index (χ0v) is 10.0. The Morgan fingerprint density at radius 2 is 2.50 bits per heavy atom. The summed E-state index contributed by atoms with van der Waals surface area (Å²) in [4.78, 5) is 15.3. The van der Waals surface area contributed by atoms with Gasteiger partial charge in [-0.1, -0.05) is 0 Å². The van der Waals surface area contributed by atoms with Gasteiger partial charge in [0.25, 0.3) is 0 Å². The van der Waals surface area contributed by atoms with Crippen molar-refractivity contribution >= 4 is 5.97 Å². The fourth-order valence-electron chi connectivity index (χ4n) is 1.87. The van der Waals surface area contributed by atoms with Gasteiger partial charge in [-0.2, -0.15) is 0 Å². The van der Waals surface area contributed by atoms with Gasteiger partial charge in [0.15, 0.2) is 5.69 Å². The van der Waals surface area contributed by atoms with Crippen molar-refractivity contribution in [3.05, 3.63) is 18.2 Å². The summed E-state index contributed by atoms with van der Waals surface area (Å²) >= 11 is 0. The molecule has 2 N–H and O–H groups in total. The van der Waals surface area contributed by atoms with Crippen LogP contribution < -0.4 is 0 Å². The van der Waals surface area contributed by atoms with Gasteiger partial charge in [-0.15, -0.1) is 0 Å². The normalized spacial score (nSPS) is 27.4. The Morgan fingerprint density at radius 3 is 3.11 bits per heavy atom. The van der Waals surface area contributed by atoms with Crippen LogP contribution in [0.4, 0.5) is 0 Å². The molecule has 1 aliphatic rings. The molecule has 1 aromatic heterocycles. The summed E-state index contributed by atoms with van der Waals surface area (Å²) in [7, 11) is 0. The molecule has 0 aliphatic carbocycles. The summed E-state index contributed by atoms with van der Waals surface area (Å²) in [5.41, 5.74) is 0.197. The zero-order valence-electron chi connectivity index (χ0n) is 10.0. The summed E-state index contributed by atoms with van der Waals surface area (Å²) in [5, 5.41) is 18.6. The number of ether oxygens (including phenoxy) is 2. The van der Waals surface area contributed by atoms with Crippen molar-refractivity contribution in [3.63, 3.8) is 0 Å². The largest absolute Gasteiger partial charge is 0.461 e. The smallest absolute Gasteiger partial charge is 0.358 e. The molecule has 2 rings (SSSR count). The third-order valence-corrected chi connectivity index (χ3v) is 2.80. The Labute approximate surface area is 104 Å². The number of esters is 1. The molecule has 0 unspecified atom stereocenters. The van der Waals surface area contributed by atoms with Crippen LogP contribution in [0.5, 0.6) is 0 Å². The van der Waals surface area contributed by atoms with E-state index in [0.29, 0.717) is 6.42 Å². The number of rotatable bonds is 4. The Bertz CT molecular complexity index is 419. The first-order chi connectivity index (χ1) is 8.65. The molecule has 0 aromatic carbocycles. The number of imidazole rings is 1. The third kappa shape index (κ3) is 2.53. The summed E-state index contributed by atoms with van der Waals surface area (Å²) in [5.74, 6) is -0.492. The lowest BCUT2D eigenvalue weighted by atomic mass is 10.2. The van der Waals surface area contributed by atoms with E-state index < -0.39 is 24.4 Å². The van der Waals surface area contributed by atoms with E-state index in [1.165, 1.54) is 12.5 Å². The Balaban J connectivity index is 2.05. The first kappa shape index (κ1) is 13.0. The lowest BCUT2D eigenvalue weighted by Gasteiger charge is -2.12. The molecule has 0 amide bonds. The first-order valence-electron chi connectivity index (χ1n) is 5.80. The maximum Gasteiger partial charge on any atom is 0.358 e. The zero-order chi connectivity index (χ0) is 13.1. The summed E-state index contributed by atoms with van der Waals surface area (Å²) in [6.45, 7) is 1.77. The quantitative estimate of drug-likeness (QED) is 0.718. The fraction of sp³-hybridized carbons (Fsp3) is 0.636. The second-order valence-corrected chi connectivity index (χ2v) is 4.04. The molecule has 1 aromatic rings. The lowest BCUT2D eigenvalue weighted by molar-refractivity contribution is -0.0444. The highest BCUT2D eigenvalue weighted by molar-refractivity contribution is 5.86. The highest BCUT2D eigenvalue weighted by Gasteiger charge is 2.34. The predicted molar refractivity (Wildman–Crippen MR) is 59.8 cm³/mol. The number of aromatic nitrogens is 2.